The second-order valence-corrected chi connectivity index (χ2v) is 2.91. The summed E-state index contributed by atoms with van der Waals surface area (Å²) in [6, 6.07) is 4.12. The van der Waals surface area contributed by atoms with Crippen LogP contribution in [0.4, 0.5) is 5.69 Å². The van der Waals surface area contributed by atoms with Crippen LogP contribution < -0.4 is 10.7 Å². The van der Waals surface area contributed by atoms with Crippen LogP contribution >= 0.6 is 0 Å². The van der Waals surface area contributed by atoms with Gasteiger partial charge in [0, 0.05) is 12.6 Å². The molecule has 0 radical (unpaired) electrons. The number of hydrogen-bond acceptors (Lipinski definition) is 3. The summed E-state index contributed by atoms with van der Waals surface area (Å²) < 4.78 is 0. The van der Waals surface area contributed by atoms with Gasteiger partial charge in [0.05, 0.1) is 11.0 Å². The van der Waals surface area contributed by atoms with E-state index in [1.165, 1.54) is 5.56 Å². The lowest BCUT2D eigenvalue weighted by Crippen LogP contribution is -2.21. The second kappa shape index (κ2) is 2.00. The zero-order chi connectivity index (χ0) is 7.97. The van der Waals surface area contributed by atoms with Gasteiger partial charge in [0.25, 0.3) is 0 Å². The van der Waals surface area contributed by atoms with Crippen LogP contribution in [-0.4, -0.2) is 12.9 Å². The Labute approximate surface area is 69.2 Å². The minimum absolute atomic E-state index is 0.571. The SMILES string of the molecule is C1=Nc2c(ccc3c2=NCN=3)C1. The van der Waals surface area contributed by atoms with Gasteiger partial charge in [0.2, 0.25) is 0 Å². The summed E-state index contributed by atoms with van der Waals surface area (Å²) in [4.78, 5) is 12.8. The van der Waals surface area contributed by atoms with Crippen molar-refractivity contribution in [2.45, 2.75) is 6.42 Å². The summed E-state index contributed by atoms with van der Waals surface area (Å²) in [6.07, 6.45) is 2.87. The van der Waals surface area contributed by atoms with Crippen LogP contribution in [0.15, 0.2) is 27.1 Å². The van der Waals surface area contributed by atoms with Crippen molar-refractivity contribution in [3.63, 3.8) is 0 Å². The molecule has 1 aromatic carbocycles. The van der Waals surface area contributed by atoms with E-state index >= 15 is 0 Å². The Bertz CT molecular complexity index is 485. The van der Waals surface area contributed by atoms with Crippen LogP contribution in [0.3, 0.4) is 0 Å². The molecule has 0 amide bonds. The maximum Gasteiger partial charge on any atom is 0.131 e. The highest BCUT2D eigenvalue weighted by atomic mass is 15.0. The number of benzene rings is 1. The molecule has 2 aliphatic rings. The molecular weight excluding hydrogens is 150 g/mol. The van der Waals surface area contributed by atoms with E-state index in [4.69, 9.17) is 0 Å². The van der Waals surface area contributed by atoms with E-state index in [0.29, 0.717) is 6.67 Å². The molecule has 0 aromatic heterocycles. The molecule has 1 aromatic rings. The van der Waals surface area contributed by atoms with Crippen LogP contribution in [-0.2, 0) is 6.42 Å². The Morgan fingerprint density at radius 1 is 1.17 bits per heavy atom. The molecule has 3 nitrogen and oxygen atoms in total. The molecule has 58 valence electrons. The Morgan fingerprint density at radius 2 is 2.17 bits per heavy atom. The molecule has 0 fully saturated rings. The van der Waals surface area contributed by atoms with Gasteiger partial charge < -0.3 is 0 Å². The van der Waals surface area contributed by atoms with Crippen LogP contribution in [0.5, 0.6) is 0 Å². The molecule has 0 unspecified atom stereocenters. The molecular formula is C9H7N3. The van der Waals surface area contributed by atoms with E-state index in [1.807, 2.05) is 12.3 Å². The van der Waals surface area contributed by atoms with Crippen molar-refractivity contribution in [1.29, 1.82) is 0 Å². The molecule has 0 atom stereocenters. The largest absolute Gasteiger partial charge is 0.260 e. The predicted octanol–water partition coefficient (Wildman–Crippen LogP) is 0.155. The zero-order valence-corrected chi connectivity index (χ0v) is 6.49. The predicted molar refractivity (Wildman–Crippen MR) is 45.5 cm³/mol. The van der Waals surface area contributed by atoms with Crippen molar-refractivity contribution in [1.82, 2.24) is 0 Å². The Kier molecular flexibility index (Phi) is 1.01. The highest BCUT2D eigenvalue weighted by molar-refractivity contribution is 5.75. The normalized spacial score (nSPS) is 16.7. The first-order valence-electron chi connectivity index (χ1n) is 3.98. The molecule has 0 spiro atoms. The summed E-state index contributed by atoms with van der Waals surface area (Å²) in [7, 11) is 0. The van der Waals surface area contributed by atoms with Crippen molar-refractivity contribution in [2.24, 2.45) is 15.0 Å². The van der Waals surface area contributed by atoms with Crippen molar-refractivity contribution in [3.8, 4) is 0 Å². The van der Waals surface area contributed by atoms with Crippen LogP contribution in [0.1, 0.15) is 5.56 Å². The molecule has 0 N–H and O–H groups in total. The summed E-state index contributed by atoms with van der Waals surface area (Å²) in [5.41, 5.74) is 2.31. The Morgan fingerprint density at radius 3 is 3.17 bits per heavy atom. The lowest BCUT2D eigenvalue weighted by molar-refractivity contribution is 1.06. The quantitative estimate of drug-likeness (QED) is 0.514. The average Bonchev–Trinajstić information content (AvgIpc) is 2.71. The maximum atomic E-state index is 4.29. The van der Waals surface area contributed by atoms with Gasteiger partial charge in [0.15, 0.2) is 0 Å². The van der Waals surface area contributed by atoms with Gasteiger partial charge in [-0.05, 0) is 11.6 Å². The maximum absolute atomic E-state index is 4.29. The standard InChI is InChI=1S/C9H7N3/c1-2-7-9(12-5-11-7)8-6(1)3-4-10-8/h1-2,4H,3,5H2. The smallest absolute Gasteiger partial charge is 0.131 e. The van der Waals surface area contributed by atoms with Crippen molar-refractivity contribution < 1.29 is 0 Å². The van der Waals surface area contributed by atoms with Gasteiger partial charge in [-0.15, -0.1) is 0 Å². The first-order valence-corrected chi connectivity index (χ1v) is 3.98. The van der Waals surface area contributed by atoms with Gasteiger partial charge in [-0.3, -0.25) is 15.0 Å². The first-order chi connectivity index (χ1) is 5.95. The van der Waals surface area contributed by atoms with E-state index < -0.39 is 0 Å². The van der Waals surface area contributed by atoms with E-state index in [-0.39, 0.29) is 0 Å². The molecule has 2 heterocycles. The van der Waals surface area contributed by atoms with Gasteiger partial charge >= 0.3 is 0 Å². The van der Waals surface area contributed by atoms with Gasteiger partial charge in [-0.1, -0.05) is 6.07 Å². The second-order valence-electron chi connectivity index (χ2n) is 2.91. The monoisotopic (exact) mass is 157 g/mol. The molecule has 0 aliphatic carbocycles. The molecule has 3 heteroatoms. The fourth-order valence-electron chi connectivity index (χ4n) is 1.62. The Balaban J connectivity index is 2.54. The van der Waals surface area contributed by atoms with E-state index in [9.17, 15) is 0 Å². The number of nitrogens with zero attached hydrogens (tertiary/aromatic N) is 3. The molecule has 0 saturated heterocycles. The van der Waals surface area contributed by atoms with Gasteiger partial charge in [-0.25, -0.2) is 0 Å². The fraction of sp³-hybridized carbons (Fsp3) is 0.222. The average molecular weight is 157 g/mol. The van der Waals surface area contributed by atoms with Gasteiger partial charge in [-0.2, -0.15) is 0 Å². The van der Waals surface area contributed by atoms with Crippen LogP contribution in [0.25, 0.3) is 0 Å². The summed E-state index contributed by atoms with van der Waals surface area (Å²) in [5, 5.41) is 1.98. The van der Waals surface area contributed by atoms with Crippen LogP contribution in [0, 0.1) is 0 Å². The zero-order valence-electron chi connectivity index (χ0n) is 6.49. The third-order valence-electron chi connectivity index (χ3n) is 2.21. The fourth-order valence-corrected chi connectivity index (χ4v) is 1.62. The Hall–Kier alpha value is -1.51. The highest BCUT2D eigenvalue weighted by Crippen LogP contribution is 2.17. The summed E-state index contributed by atoms with van der Waals surface area (Å²) in [5.74, 6) is 0. The minimum atomic E-state index is 0.571. The number of fused-ring (bicyclic) bond motifs is 3. The lowest BCUT2D eigenvalue weighted by atomic mass is 10.1. The van der Waals surface area contributed by atoms with Crippen molar-refractivity contribution in [2.75, 3.05) is 6.67 Å². The van der Waals surface area contributed by atoms with Crippen molar-refractivity contribution >= 4 is 11.9 Å². The number of hydrogen-bond donors (Lipinski definition) is 0. The first kappa shape index (κ1) is 6.06. The molecule has 12 heavy (non-hydrogen) atoms. The van der Waals surface area contributed by atoms with E-state index in [0.717, 1.165) is 22.8 Å². The van der Waals surface area contributed by atoms with Gasteiger partial charge in [0.1, 0.15) is 12.0 Å². The lowest BCUT2D eigenvalue weighted by Gasteiger charge is -1.93. The molecule has 2 aliphatic heterocycles. The van der Waals surface area contributed by atoms with E-state index in [1.54, 1.807) is 0 Å². The number of rotatable bonds is 0. The topological polar surface area (TPSA) is 37.1 Å². The third-order valence-corrected chi connectivity index (χ3v) is 2.21. The summed E-state index contributed by atoms with van der Waals surface area (Å²) in [6.45, 7) is 0.571. The van der Waals surface area contributed by atoms with E-state index in [2.05, 4.69) is 21.0 Å². The summed E-state index contributed by atoms with van der Waals surface area (Å²) >= 11 is 0. The minimum Gasteiger partial charge on any atom is -0.260 e. The molecule has 0 bridgehead atoms. The molecule has 0 saturated carbocycles. The third kappa shape index (κ3) is 0.630. The molecule has 3 rings (SSSR count). The number of aliphatic imine (C=N–C) groups is 1. The van der Waals surface area contributed by atoms with Crippen molar-refractivity contribution in [3.05, 3.63) is 28.4 Å². The van der Waals surface area contributed by atoms with Crippen LogP contribution in [0.2, 0.25) is 0 Å². The highest BCUT2D eigenvalue weighted by Gasteiger charge is 2.10.